The fraction of sp³-hybridized carbons (Fsp3) is 0.450. The standard InChI is InChI=1S/C20H25N3O2/c1-12(2)18-21-14(4)10-17(22-18)23-19(24)20(8-9-20)15-7-6-13(3)16(11-15)25-5/h6-7,10-12H,8-9H2,1-5H3,(H,21,22,23,24). The van der Waals surface area contributed by atoms with Gasteiger partial charge in [0.2, 0.25) is 5.91 Å². The first-order valence-corrected chi connectivity index (χ1v) is 8.68. The molecule has 5 nitrogen and oxygen atoms in total. The first kappa shape index (κ1) is 17.4. The molecule has 0 aliphatic heterocycles. The number of nitrogens with zero attached hydrogens (tertiary/aromatic N) is 2. The van der Waals surface area contributed by atoms with Crippen LogP contribution in [0.15, 0.2) is 24.3 Å². The number of ether oxygens (including phenoxy) is 1. The van der Waals surface area contributed by atoms with E-state index in [0.717, 1.165) is 41.2 Å². The first-order valence-electron chi connectivity index (χ1n) is 8.68. The van der Waals surface area contributed by atoms with E-state index in [0.29, 0.717) is 5.82 Å². The molecule has 132 valence electrons. The lowest BCUT2D eigenvalue weighted by atomic mass is 9.93. The minimum absolute atomic E-state index is 0.00814. The summed E-state index contributed by atoms with van der Waals surface area (Å²) in [6.45, 7) is 8.00. The Morgan fingerprint density at radius 2 is 1.92 bits per heavy atom. The number of hydrogen-bond donors (Lipinski definition) is 1. The Bertz CT molecular complexity index is 811. The molecule has 0 atom stereocenters. The molecule has 1 aromatic carbocycles. The van der Waals surface area contributed by atoms with Crippen molar-refractivity contribution >= 4 is 11.7 Å². The molecule has 0 unspecified atom stereocenters. The van der Waals surface area contributed by atoms with Crippen LogP contribution in [0.25, 0.3) is 0 Å². The monoisotopic (exact) mass is 339 g/mol. The number of amides is 1. The van der Waals surface area contributed by atoms with Gasteiger partial charge in [0, 0.05) is 17.7 Å². The number of hydrogen-bond acceptors (Lipinski definition) is 4. The van der Waals surface area contributed by atoms with Crippen molar-refractivity contribution in [1.29, 1.82) is 0 Å². The molecule has 1 heterocycles. The van der Waals surface area contributed by atoms with Gasteiger partial charge in [0.05, 0.1) is 12.5 Å². The van der Waals surface area contributed by atoms with Crippen molar-refractivity contribution in [2.24, 2.45) is 0 Å². The molecule has 1 amide bonds. The van der Waals surface area contributed by atoms with E-state index in [1.807, 2.05) is 52.0 Å². The lowest BCUT2D eigenvalue weighted by Gasteiger charge is -2.18. The third-order valence-electron chi connectivity index (χ3n) is 4.77. The van der Waals surface area contributed by atoms with Crippen LogP contribution < -0.4 is 10.1 Å². The molecule has 1 aliphatic carbocycles. The molecular weight excluding hydrogens is 314 g/mol. The average Bonchev–Trinajstić information content (AvgIpc) is 3.36. The maximum atomic E-state index is 13.0. The Hall–Kier alpha value is -2.43. The Balaban J connectivity index is 1.86. The third kappa shape index (κ3) is 3.36. The average molecular weight is 339 g/mol. The van der Waals surface area contributed by atoms with Gasteiger partial charge in [0.1, 0.15) is 17.4 Å². The van der Waals surface area contributed by atoms with Gasteiger partial charge in [0.15, 0.2) is 0 Å². The second-order valence-corrected chi connectivity index (χ2v) is 7.13. The van der Waals surface area contributed by atoms with E-state index in [4.69, 9.17) is 4.74 Å². The molecule has 2 aromatic rings. The highest BCUT2D eigenvalue weighted by molar-refractivity contribution is 6.01. The summed E-state index contributed by atoms with van der Waals surface area (Å²) in [5, 5.41) is 3.00. The number of nitrogens with one attached hydrogen (secondary N) is 1. The lowest BCUT2D eigenvalue weighted by Crippen LogP contribution is -2.28. The Morgan fingerprint density at radius 1 is 1.20 bits per heavy atom. The van der Waals surface area contributed by atoms with Gasteiger partial charge in [-0.2, -0.15) is 0 Å². The van der Waals surface area contributed by atoms with Crippen molar-refractivity contribution in [1.82, 2.24) is 9.97 Å². The van der Waals surface area contributed by atoms with Crippen molar-refractivity contribution < 1.29 is 9.53 Å². The molecule has 1 aliphatic rings. The summed E-state index contributed by atoms with van der Waals surface area (Å²) in [6, 6.07) is 7.82. The highest BCUT2D eigenvalue weighted by Gasteiger charge is 2.51. The minimum atomic E-state index is -0.474. The van der Waals surface area contributed by atoms with Gasteiger partial charge in [-0.25, -0.2) is 9.97 Å². The number of carbonyl (C=O) groups is 1. The Kier molecular flexibility index (Phi) is 4.50. The fourth-order valence-corrected chi connectivity index (χ4v) is 3.04. The lowest BCUT2D eigenvalue weighted by molar-refractivity contribution is -0.118. The Labute approximate surface area is 148 Å². The summed E-state index contributed by atoms with van der Waals surface area (Å²) in [5.74, 6) is 2.35. The number of anilines is 1. The second-order valence-electron chi connectivity index (χ2n) is 7.13. The second kappa shape index (κ2) is 6.47. The summed E-state index contributed by atoms with van der Waals surface area (Å²) in [6.07, 6.45) is 1.68. The van der Waals surface area contributed by atoms with Crippen molar-refractivity contribution in [3.63, 3.8) is 0 Å². The van der Waals surface area contributed by atoms with Gasteiger partial charge in [-0.3, -0.25) is 4.79 Å². The van der Waals surface area contributed by atoms with Gasteiger partial charge >= 0.3 is 0 Å². The van der Waals surface area contributed by atoms with Crippen LogP contribution in [0, 0.1) is 13.8 Å². The van der Waals surface area contributed by atoms with Crippen molar-refractivity contribution in [2.45, 2.75) is 51.9 Å². The van der Waals surface area contributed by atoms with Crippen LogP contribution in [-0.2, 0) is 10.2 Å². The van der Waals surface area contributed by atoms with Crippen molar-refractivity contribution in [3.05, 3.63) is 46.9 Å². The normalized spacial score (nSPS) is 15.1. The van der Waals surface area contributed by atoms with Crippen LogP contribution in [0.2, 0.25) is 0 Å². The van der Waals surface area contributed by atoms with Crippen LogP contribution in [0.1, 0.15) is 55.3 Å². The van der Waals surface area contributed by atoms with Gasteiger partial charge in [-0.05, 0) is 43.9 Å². The van der Waals surface area contributed by atoms with Crippen molar-refractivity contribution in [3.8, 4) is 5.75 Å². The quantitative estimate of drug-likeness (QED) is 0.897. The molecule has 1 aromatic heterocycles. The molecule has 1 N–H and O–H groups in total. The van der Waals surface area contributed by atoms with E-state index < -0.39 is 5.41 Å². The van der Waals surface area contributed by atoms with Gasteiger partial charge < -0.3 is 10.1 Å². The number of rotatable bonds is 5. The Morgan fingerprint density at radius 3 is 2.52 bits per heavy atom. The maximum absolute atomic E-state index is 13.0. The summed E-state index contributed by atoms with van der Waals surface area (Å²) < 4.78 is 5.41. The van der Waals surface area contributed by atoms with Crippen LogP contribution in [0.5, 0.6) is 5.75 Å². The zero-order chi connectivity index (χ0) is 18.2. The molecule has 5 heteroatoms. The molecule has 25 heavy (non-hydrogen) atoms. The van der Waals surface area contributed by atoms with E-state index in [2.05, 4.69) is 15.3 Å². The number of carbonyl (C=O) groups excluding carboxylic acids is 1. The fourth-order valence-electron chi connectivity index (χ4n) is 3.04. The van der Waals surface area contributed by atoms with E-state index in [1.165, 1.54) is 0 Å². The van der Waals surface area contributed by atoms with E-state index in [1.54, 1.807) is 7.11 Å². The largest absolute Gasteiger partial charge is 0.496 e. The number of benzene rings is 1. The van der Waals surface area contributed by atoms with E-state index >= 15 is 0 Å². The molecule has 0 spiro atoms. The molecule has 1 saturated carbocycles. The molecule has 0 bridgehead atoms. The summed E-state index contributed by atoms with van der Waals surface area (Å²) in [4.78, 5) is 21.9. The minimum Gasteiger partial charge on any atom is -0.496 e. The van der Waals surface area contributed by atoms with E-state index in [-0.39, 0.29) is 11.8 Å². The highest BCUT2D eigenvalue weighted by Crippen LogP contribution is 2.50. The van der Waals surface area contributed by atoms with Crippen LogP contribution in [-0.4, -0.2) is 23.0 Å². The third-order valence-corrected chi connectivity index (χ3v) is 4.77. The van der Waals surface area contributed by atoms with Gasteiger partial charge in [-0.15, -0.1) is 0 Å². The zero-order valence-electron chi connectivity index (χ0n) is 15.5. The van der Waals surface area contributed by atoms with Gasteiger partial charge in [-0.1, -0.05) is 26.0 Å². The van der Waals surface area contributed by atoms with Gasteiger partial charge in [0.25, 0.3) is 0 Å². The highest BCUT2D eigenvalue weighted by atomic mass is 16.5. The summed E-state index contributed by atoms with van der Waals surface area (Å²) in [5.41, 5.74) is 2.45. The summed E-state index contributed by atoms with van der Waals surface area (Å²) in [7, 11) is 1.66. The number of aromatic nitrogens is 2. The number of methoxy groups -OCH3 is 1. The zero-order valence-corrected chi connectivity index (χ0v) is 15.5. The van der Waals surface area contributed by atoms with E-state index in [9.17, 15) is 4.79 Å². The molecule has 3 rings (SSSR count). The smallest absolute Gasteiger partial charge is 0.236 e. The molecule has 1 fully saturated rings. The first-order chi connectivity index (χ1) is 11.9. The molecule has 0 saturated heterocycles. The molecular formula is C20H25N3O2. The number of aryl methyl sites for hydroxylation is 2. The SMILES string of the molecule is COc1cc(C2(C(=O)Nc3cc(C)nc(C(C)C)n3)CC2)ccc1C. The van der Waals surface area contributed by atoms with Crippen LogP contribution in [0.4, 0.5) is 5.82 Å². The van der Waals surface area contributed by atoms with Crippen LogP contribution >= 0.6 is 0 Å². The predicted molar refractivity (Wildman–Crippen MR) is 98.1 cm³/mol. The topological polar surface area (TPSA) is 64.1 Å². The summed E-state index contributed by atoms with van der Waals surface area (Å²) >= 11 is 0. The van der Waals surface area contributed by atoms with Crippen molar-refractivity contribution in [2.75, 3.05) is 12.4 Å². The maximum Gasteiger partial charge on any atom is 0.236 e. The molecule has 0 radical (unpaired) electrons. The van der Waals surface area contributed by atoms with Crippen LogP contribution in [0.3, 0.4) is 0 Å². The predicted octanol–water partition coefficient (Wildman–Crippen LogP) is 3.90.